The minimum atomic E-state index is -1.18. The highest BCUT2D eigenvalue weighted by Gasteiger charge is 2.21. The molecule has 5 nitrogen and oxygen atoms in total. The van der Waals surface area contributed by atoms with Crippen molar-refractivity contribution in [3.05, 3.63) is 52.2 Å². The third-order valence-corrected chi connectivity index (χ3v) is 2.50. The summed E-state index contributed by atoms with van der Waals surface area (Å²) in [6, 6.07) is 3.12. The second-order valence-electron chi connectivity index (χ2n) is 3.63. The van der Waals surface area contributed by atoms with Gasteiger partial charge in [-0.2, -0.15) is 9.37 Å². The lowest BCUT2D eigenvalue weighted by molar-refractivity contribution is 0.445. The molecule has 0 aliphatic carbocycles. The van der Waals surface area contributed by atoms with Gasteiger partial charge in [-0.15, -0.1) is 0 Å². The Kier molecular flexibility index (Phi) is 2.37. The van der Waals surface area contributed by atoms with E-state index in [1.807, 2.05) is 0 Å². The Bertz CT molecular complexity index is 821. The number of benzene rings is 1. The molecule has 0 aliphatic rings. The predicted molar refractivity (Wildman–Crippen MR) is 56.8 cm³/mol. The Hall–Kier alpha value is -2.64. The second kappa shape index (κ2) is 3.94. The molecule has 0 atom stereocenters. The van der Waals surface area contributed by atoms with Crippen LogP contribution < -0.4 is 5.56 Å². The van der Waals surface area contributed by atoms with Crippen molar-refractivity contribution in [1.82, 2.24) is 14.5 Å². The maximum absolute atomic E-state index is 13.6. The highest BCUT2D eigenvalue weighted by molar-refractivity contribution is 5.58. The van der Waals surface area contributed by atoms with Crippen LogP contribution in [0.5, 0.6) is 0 Å². The molecule has 0 aliphatic heterocycles. The lowest BCUT2D eigenvalue weighted by Gasteiger charge is -2.01. The van der Waals surface area contributed by atoms with Crippen molar-refractivity contribution in [1.29, 1.82) is 0 Å². The number of rotatable bonds is 1. The van der Waals surface area contributed by atoms with Crippen LogP contribution in [-0.4, -0.2) is 14.5 Å². The SMILES string of the molecule is O=c1c(F)cnc2onc(-c3c(F)cccc3F)n12. The molecule has 0 saturated heterocycles. The maximum atomic E-state index is 13.6. The summed E-state index contributed by atoms with van der Waals surface area (Å²) < 4.78 is 45.6. The zero-order valence-corrected chi connectivity index (χ0v) is 9.10. The molecule has 0 unspecified atom stereocenters. The van der Waals surface area contributed by atoms with E-state index in [0.717, 1.165) is 18.2 Å². The van der Waals surface area contributed by atoms with Gasteiger partial charge in [-0.1, -0.05) is 11.2 Å². The second-order valence-corrected chi connectivity index (χ2v) is 3.63. The maximum Gasteiger partial charge on any atom is 0.335 e. The van der Waals surface area contributed by atoms with Crippen LogP contribution in [0.25, 0.3) is 17.2 Å². The van der Waals surface area contributed by atoms with Gasteiger partial charge in [-0.3, -0.25) is 4.79 Å². The topological polar surface area (TPSA) is 60.4 Å². The number of halogens is 3. The zero-order chi connectivity index (χ0) is 13.6. The normalized spacial score (nSPS) is 11.1. The fraction of sp³-hybridized carbons (Fsp3) is 0. The molecule has 0 amide bonds. The number of fused-ring (bicyclic) bond motifs is 1. The smallest absolute Gasteiger partial charge is 0.314 e. The Morgan fingerprint density at radius 3 is 2.47 bits per heavy atom. The first-order valence-electron chi connectivity index (χ1n) is 5.07. The van der Waals surface area contributed by atoms with Crippen LogP contribution in [0.2, 0.25) is 0 Å². The van der Waals surface area contributed by atoms with Gasteiger partial charge < -0.3 is 4.52 Å². The van der Waals surface area contributed by atoms with Gasteiger partial charge in [0.15, 0.2) is 5.82 Å². The Morgan fingerprint density at radius 1 is 1.11 bits per heavy atom. The summed E-state index contributed by atoms with van der Waals surface area (Å²) in [6.45, 7) is 0. The summed E-state index contributed by atoms with van der Waals surface area (Å²) in [5.74, 6) is -3.93. The highest BCUT2D eigenvalue weighted by Crippen LogP contribution is 2.24. The van der Waals surface area contributed by atoms with Gasteiger partial charge in [0.25, 0.3) is 5.56 Å². The van der Waals surface area contributed by atoms with E-state index in [1.54, 1.807) is 0 Å². The van der Waals surface area contributed by atoms with E-state index in [0.29, 0.717) is 10.6 Å². The molecule has 19 heavy (non-hydrogen) atoms. The van der Waals surface area contributed by atoms with E-state index < -0.39 is 34.4 Å². The van der Waals surface area contributed by atoms with Crippen molar-refractivity contribution in [2.75, 3.05) is 0 Å². The van der Waals surface area contributed by atoms with E-state index in [-0.39, 0.29) is 5.84 Å². The van der Waals surface area contributed by atoms with Crippen LogP contribution in [0.15, 0.2) is 33.7 Å². The number of aromatic nitrogens is 3. The molecule has 2 aromatic heterocycles. The third kappa shape index (κ3) is 1.60. The molecule has 1 aromatic carbocycles. The lowest BCUT2D eigenvalue weighted by atomic mass is 10.2. The molecule has 0 N–H and O–H groups in total. The van der Waals surface area contributed by atoms with Crippen molar-refractivity contribution < 1.29 is 17.7 Å². The van der Waals surface area contributed by atoms with Gasteiger partial charge in [0.05, 0.1) is 11.8 Å². The summed E-state index contributed by atoms with van der Waals surface area (Å²) in [4.78, 5) is 15.1. The number of hydrogen-bond acceptors (Lipinski definition) is 4. The molecule has 3 rings (SSSR count). The van der Waals surface area contributed by atoms with E-state index in [2.05, 4.69) is 14.7 Å². The van der Waals surface area contributed by atoms with E-state index in [9.17, 15) is 18.0 Å². The van der Waals surface area contributed by atoms with Gasteiger partial charge in [0.2, 0.25) is 5.82 Å². The fourth-order valence-corrected chi connectivity index (χ4v) is 1.66. The molecular weight excluding hydrogens is 263 g/mol. The van der Waals surface area contributed by atoms with Crippen molar-refractivity contribution in [3.8, 4) is 11.4 Å². The first kappa shape index (κ1) is 11.5. The summed E-state index contributed by atoms with van der Waals surface area (Å²) >= 11 is 0. The first-order valence-corrected chi connectivity index (χ1v) is 5.07. The molecule has 0 spiro atoms. The van der Waals surface area contributed by atoms with Crippen LogP contribution in [0, 0.1) is 17.5 Å². The van der Waals surface area contributed by atoms with E-state index in [4.69, 9.17) is 0 Å². The van der Waals surface area contributed by atoms with Crippen LogP contribution in [0.3, 0.4) is 0 Å². The average Bonchev–Trinajstić information content (AvgIpc) is 2.78. The quantitative estimate of drug-likeness (QED) is 0.674. The molecule has 96 valence electrons. The predicted octanol–water partition coefficient (Wildman–Crippen LogP) is 1.77. The molecule has 3 aromatic rings. The molecule has 0 fully saturated rings. The minimum Gasteiger partial charge on any atom is -0.314 e. The third-order valence-electron chi connectivity index (χ3n) is 2.50. The lowest BCUT2D eigenvalue weighted by Crippen LogP contribution is -2.18. The van der Waals surface area contributed by atoms with Crippen molar-refractivity contribution in [2.45, 2.75) is 0 Å². The molecule has 0 radical (unpaired) electrons. The molecular formula is C11H4F3N3O2. The average molecular weight is 267 g/mol. The van der Waals surface area contributed by atoms with Crippen molar-refractivity contribution >= 4 is 5.84 Å². The summed E-state index contributed by atoms with van der Waals surface area (Å²) in [5.41, 5.74) is -1.74. The van der Waals surface area contributed by atoms with Gasteiger partial charge in [0.1, 0.15) is 11.6 Å². The minimum absolute atomic E-state index is 0.357. The zero-order valence-electron chi connectivity index (χ0n) is 9.10. The molecule has 0 saturated carbocycles. The first-order chi connectivity index (χ1) is 9.09. The van der Waals surface area contributed by atoms with Gasteiger partial charge in [-0.05, 0) is 12.1 Å². The van der Waals surface area contributed by atoms with E-state index in [1.165, 1.54) is 0 Å². The fourth-order valence-electron chi connectivity index (χ4n) is 1.66. The van der Waals surface area contributed by atoms with Gasteiger partial charge >= 0.3 is 5.84 Å². The van der Waals surface area contributed by atoms with E-state index >= 15 is 0 Å². The van der Waals surface area contributed by atoms with Gasteiger partial charge in [-0.25, -0.2) is 13.2 Å². The molecule has 0 bridgehead atoms. The van der Waals surface area contributed by atoms with Crippen LogP contribution in [0.4, 0.5) is 13.2 Å². The molecule has 2 heterocycles. The summed E-state index contributed by atoms with van der Waals surface area (Å²) in [5, 5.41) is 3.37. The van der Waals surface area contributed by atoms with Crippen LogP contribution in [-0.2, 0) is 0 Å². The van der Waals surface area contributed by atoms with Crippen LogP contribution >= 0.6 is 0 Å². The highest BCUT2D eigenvalue weighted by atomic mass is 19.1. The standard InChI is InChI=1S/C11H4F3N3O2/c12-5-2-1-3-6(13)8(5)9-16-19-11-15-4-7(14)10(18)17(9)11/h1-4H. The molecule has 8 heteroatoms. The summed E-state index contributed by atoms with van der Waals surface area (Å²) in [7, 11) is 0. The van der Waals surface area contributed by atoms with Gasteiger partial charge in [0, 0.05) is 0 Å². The Balaban J connectivity index is 2.45. The summed E-state index contributed by atoms with van der Waals surface area (Å²) in [6.07, 6.45) is 0.643. The Labute approximate surface area is 102 Å². The number of nitrogens with zero attached hydrogens (tertiary/aromatic N) is 3. The van der Waals surface area contributed by atoms with Crippen molar-refractivity contribution in [2.24, 2.45) is 0 Å². The van der Waals surface area contributed by atoms with Crippen molar-refractivity contribution in [3.63, 3.8) is 0 Å². The van der Waals surface area contributed by atoms with Crippen LogP contribution in [0.1, 0.15) is 0 Å². The number of hydrogen-bond donors (Lipinski definition) is 0. The monoisotopic (exact) mass is 267 g/mol. The largest absolute Gasteiger partial charge is 0.335 e. The Morgan fingerprint density at radius 2 is 1.79 bits per heavy atom.